The lowest BCUT2D eigenvalue weighted by Crippen LogP contribution is -2.53. The smallest absolute Gasteiger partial charge is 0.410 e. The molecule has 14 heavy (non-hydrogen) atoms. The van der Waals surface area contributed by atoms with E-state index < -0.39 is 23.5 Å². The Morgan fingerprint density at radius 3 is 2.43 bits per heavy atom. The van der Waals surface area contributed by atoms with Crippen molar-refractivity contribution in [2.24, 2.45) is 0 Å². The molecule has 1 saturated heterocycles. The topological polar surface area (TPSA) is 49.8 Å². The lowest BCUT2D eigenvalue weighted by atomic mass is 10.0. The van der Waals surface area contributed by atoms with Gasteiger partial charge in [0.15, 0.2) is 0 Å². The van der Waals surface area contributed by atoms with Gasteiger partial charge in [0.2, 0.25) is 0 Å². The van der Waals surface area contributed by atoms with Crippen molar-refractivity contribution in [1.29, 1.82) is 0 Å². The molecular formula is C9H16FNO3. The number of hydrogen-bond donors (Lipinski definition) is 1. The van der Waals surface area contributed by atoms with Gasteiger partial charge in [-0.25, -0.2) is 9.18 Å². The number of carbonyl (C=O) groups is 1. The van der Waals surface area contributed by atoms with Crippen LogP contribution in [0.2, 0.25) is 0 Å². The van der Waals surface area contributed by atoms with Crippen LogP contribution in [0.15, 0.2) is 0 Å². The van der Waals surface area contributed by atoms with Crippen molar-refractivity contribution in [2.75, 3.05) is 6.61 Å². The number of alkyl halides is 1. The summed E-state index contributed by atoms with van der Waals surface area (Å²) in [7, 11) is 0. The molecule has 1 rings (SSSR count). The molecule has 0 spiro atoms. The minimum atomic E-state index is -1.59. The third-order valence-corrected chi connectivity index (χ3v) is 2.48. The van der Waals surface area contributed by atoms with Gasteiger partial charge in [0.1, 0.15) is 11.4 Å². The molecule has 1 amide bonds. The maximum absolute atomic E-state index is 13.7. The van der Waals surface area contributed by atoms with Gasteiger partial charge >= 0.3 is 6.09 Å². The van der Waals surface area contributed by atoms with Gasteiger partial charge < -0.3 is 9.84 Å². The van der Waals surface area contributed by atoms with Crippen LogP contribution in [0.25, 0.3) is 0 Å². The van der Waals surface area contributed by atoms with E-state index in [-0.39, 0.29) is 6.61 Å². The summed E-state index contributed by atoms with van der Waals surface area (Å²) in [6.07, 6.45) is -1.15. The SMILES string of the molecule is CC(C)(F)[C@H]1COC(C)(C)N1C(=O)O. The lowest BCUT2D eigenvalue weighted by Gasteiger charge is -2.34. The van der Waals surface area contributed by atoms with Crippen LogP contribution in [0.4, 0.5) is 9.18 Å². The Labute approximate surface area is 82.6 Å². The summed E-state index contributed by atoms with van der Waals surface area (Å²) in [6.45, 7) is 6.05. The molecule has 1 fully saturated rings. The molecule has 1 heterocycles. The van der Waals surface area contributed by atoms with Crippen LogP contribution in [0.1, 0.15) is 27.7 Å². The number of halogens is 1. The van der Waals surface area contributed by atoms with Crippen molar-refractivity contribution in [1.82, 2.24) is 4.90 Å². The molecule has 0 unspecified atom stereocenters. The molecule has 0 aromatic rings. The lowest BCUT2D eigenvalue weighted by molar-refractivity contribution is -0.0471. The summed E-state index contributed by atoms with van der Waals surface area (Å²) in [6, 6.07) is -0.741. The van der Waals surface area contributed by atoms with Gasteiger partial charge in [-0.05, 0) is 27.7 Å². The summed E-state index contributed by atoms with van der Waals surface area (Å²) in [5.41, 5.74) is -2.54. The second-order valence-electron chi connectivity index (χ2n) is 4.49. The third-order valence-electron chi connectivity index (χ3n) is 2.48. The molecule has 82 valence electrons. The predicted molar refractivity (Wildman–Crippen MR) is 48.9 cm³/mol. The Morgan fingerprint density at radius 1 is 1.64 bits per heavy atom. The van der Waals surface area contributed by atoms with Crippen molar-refractivity contribution < 1.29 is 19.0 Å². The first-order valence-electron chi connectivity index (χ1n) is 4.51. The minimum absolute atomic E-state index is 0.100. The average molecular weight is 205 g/mol. The molecule has 1 N–H and O–H groups in total. The Bertz CT molecular complexity index is 247. The number of hydrogen-bond acceptors (Lipinski definition) is 2. The van der Waals surface area contributed by atoms with Crippen LogP contribution in [-0.2, 0) is 4.74 Å². The van der Waals surface area contributed by atoms with Crippen molar-refractivity contribution in [3.63, 3.8) is 0 Å². The quantitative estimate of drug-likeness (QED) is 0.710. The number of ether oxygens (including phenoxy) is 1. The van der Waals surface area contributed by atoms with E-state index in [2.05, 4.69) is 0 Å². The summed E-state index contributed by atoms with van der Waals surface area (Å²) >= 11 is 0. The molecule has 0 bridgehead atoms. The van der Waals surface area contributed by atoms with E-state index in [1.807, 2.05) is 0 Å². The zero-order valence-corrected chi connectivity index (χ0v) is 8.87. The zero-order valence-electron chi connectivity index (χ0n) is 8.87. The van der Waals surface area contributed by atoms with Gasteiger partial charge in [0.25, 0.3) is 0 Å². The van der Waals surface area contributed by atoms with Gasteiger partial charge in [0, 0.05) is 0 Å². The summed E-state index contributed by atoms with van der Waals surface area (Å²) < 4.78 is 18.9. The molecule has 0 saturated carbocycles. The van der Waals surface area contributed by atoms with Gasteiger partial charge in [-0.3, -0.25) is 4.90 Å². The Morgan fingerprint density at radius 2 is 2.14 bits per heavy atom. The normalized spacial score (nSPS) is 26.6. The van der Waals surface area contributed by atoms with E-state index in [0.29, 0.717) is 0 Å². The number of nitrogens with zero attached hydrogens (tertiary/aromatic N) is 1. The molecule has 0 aromatic heterocycles. The van der Waals surface area contributed by atoms with Crippen molar-refractivity contribution in [2.45, 2.75) is 45.1 Å². The second kappa shape index (κ2) is 3.08. The fraction of sp³-hybridized carbons (Fsp3) is 0.889. The van der Waals surface area contributed by atoms with Crippen LogP contribution in [0.5, 0.6) is 0 Å². The highest BCUT2D eigenvalue weighted by molar-refractivity contribution is 5.67. The van der Waals surface area contributed by atoms with Gasteiger partial charge in [-0.2, -0.15) is 0 Å². The largest absolute Gasteiger partial charge is 0.465 e. The van der Waals surface area contributed by atoms with E-state index in [1.54, 1.807) is 13.8 Å². The summed E-state index contributed by atoms with van der Waals surface area (Å²) in [5, 5.41) is 8.96. The third kappa shape index (κ3) is 1.82. The van der Waals surface area contributed by atoms with Crippen LogP contribution < -0.4 is 0 Å². The van der Waals surface area contributed by atoms with Gasteiger partial charge in [0.05, 0.1) is 12.6 Å². The Balaban J connectivity index is 2.96. The second-order valence-corrected chi connectivity index (χ2v) is 4.49. The first kappa shape index (κ1) is 11.2. The molecule has 1 aliphatic rings. The van der Waals surface area contributed by atoms with E-state index in [1.165, 1.54) is 13.8 Å². The van der Waals surface area contributed by atoms with Crippen molar-refractivity contribution >= 4 is 6.09 Å². The molecule has 5 heteroatoms. The summed E-state index contributed by atoms with van der Waals surface area (Å²) in [5.74, 6) is 0. The summed E-state index contributed by atoms with van der Waals surface area (Å²) in [4.78, 5) is 12.0. The van der Waals surface area contributed by atoms with E-state index in [4.69, 9.17) is 9.84 Å². The van der Waals surface area contributed by atoms with Crippen LogP contribution in [-0.4, -0.2) is 40.1 Å². The number of carboxylic acid groups (broad SMARTS) is 1. The van der Waals surface area contributed by atoms with E-state index in [0.717, 1.165) is 4.90 Å². The molecule has 4 nitrogen and oxygen atoms in total. The standard InChI is InChI=1S/C9H16FNO3/c1-8(2,10)6-5-14-9(3,4)11(6)7(12)13/h6H,5H2,1-4H3,(H,12,13)/t6-/m1/s1. The maximum Gasteiger partial charge on any atom is 0.410 e. The fourth-order valence-electron chi connectivity index (χ4n) is 1.67. The van der Waals surface area contributed by atoms with Crippen LogP contribution in [0.3, 0.4) is 0 Å². The molecule has 1 atom stereocenters. The molecule has 0 aliphatic carbocycles. The average Bonchev–Trinajstić information content (AvgIpc) is 2.23. The van der Waals surface area contributed by atoms with Crippen molar-refractivity contribution in [3.05, 3.63) is 0 Å². The highest BCUT2D eigenvalue weighted by atomic mass is 19.1. The van der Waals surface area contributed by atoms with Gasteiger partial charge in [-0.1, -0.05) is 0 Å². The first-order valence-corrected chi connectivity index (χ1v) is 4.51. The first-order chi connectivity index (χ1) is 6.16. The monoisotopic (exact) mass is 205 g/mol. The fourth-order valence-corrected chi connectivity index (χ4v) is 1.67. The predicted octanol–water partition coefficient (Wildman–Crippen LogP) is 1.85. The number of amides is 1. The van der Waals surface area contributed by atoms with E-state index >= 15 is 0 Å². The number of rotatable bonds is 1. The van der Waals surface area contributed by atoms with Crippen LogP contribution >= 0.6 is 0 Å². The molecule has 0 aromatic carbocycles. The maximum atomic E-state index is 13.7. The zero-order chi connectivity index (χ0) is 11.1. The highest BCUT2D eigenvalue weighted by Crippen LogP contribution is 2.34. The van der Waals surface area contributed by atoms with Crippen molar-refractivity contribution in [3.8, 4) is 0 Å². The minimum Gasteiger partial charge on any atom is -0.465 e. The Kier molecular flexibility index (Phi) is 2.48. The Hall–Kier alpha value is -0.840. The molecule has 0 radical (unpaired) electrons. The van der Waals surface area contributed by atoms with E-state index in [9.17, 15) is 9.18 Å². The highest BCUT2D eigenvalue weighted by Gasteiger charge is 2.50. The molecule has 1 aliphatic heterocycles. The van der Waals surface area contributed by atoms with Crippen LogP contribution in [0, 0.1) is 0 Å². The van der Waals surface area contributed by atoms with Gasteiger partial charge in [-0.15, -0.1) is 0 Å². The molecular weight excluding hydrogens is 189 g/mol.